The van der Waals surface area contributed by atoms with E-state index in [1.807, 2.05) is 11.0 Å². The molecule has 4 spiro atoms. The molecule has 4 aromatic carbocycles. The molecule has 8 heterocycles. The van der Waals surface area contributed by atoms with E-state index in [9.17, 15) is 67.1 Å². The van der Waals surface area contributed by atoms with Crippen LogP contribution in [0.4, 0.5) is 72.8 Å². The van der Waals surface area contributed by atoms with Crippen LogP contribution in [-0.2, 0) is 62.5 Å². The van der Waals surface area contributed by atoms with Crippen LogP contribution in [0.15, 0.2) is 84.9 Å². The first-order chi connectivity index (χ1) is 52.9. The Kier molecular flexibility index (Phi) is 28.2. The molecule has 8 aromatic rings. The van der Waals surface area contributed by atoms with Gasteiger partial charge in [-0.2, -0.15) is 20.4 Å². The zero-order valence-corrected chi connectivity index (χ0v) is 75.5. The largest absolute Gasteiger partial charge is 1.00 e. The first-order valence-corrected chi connectivity index (χ1v) is 40.5. The van der Waals surface area contributed by atoms with Crippen LogP contribution in [-0.4, -0.2) is 144 Å². The third kappa shape index (κ3) is 20.2. The van der Waals surface area contributed by atoms with E-state index in [1.165, 1.54) is 74.0 Å². The van der Waals surface area contributed by atoms with Crippen molar-refractivity contribution in [3.05, 3.63) is 173 Å². The van der Waals surface area contributed by atoms with Crippen LogP contribution in [0.2, 0.25) is 20.1 Å². The van der Waals surface area contributed by atoms with Gasteiger partial charge in [-0.1, -0.05) is 82.5 Å². The van der Waals surface area contributed by atoms with Crippen molar-refractivity contribution >= 4 is 116 Å². The second-order valence-corrected chi connectivity index (χ2v) is 35.6. The van der Waals surface area contributed by atoms with Gasteiger partial charge < -0.3 is 31.9 Å². The van der Waals surface area contributed by atoms with Crippen LogP contribution < -0.4 is 56.7 Å². The first-order valence-electron chi connectivity index (χ1n) is 35.7. The van der Waals surface area contributed by atoms with Gasteiger partial charge in [-0.3, -0.25) is 28.5 Å². The number of carbonyl (C=O) groups excluding carboxylic acids is 3. The van der Waals surface area contributed by atoms with Crippen molar-refractivity contribution in [2.75, 3.05) is 31.1 Å². The molecular weight excluding hydrogens is 1890 g/mol. The number of rotatable bonds is 4. The summed E-state index contributed by atoms with van der Waals surface area (Å²) in [6.45, 7) is 24.9. The van der Waals surface area contributed by atoms with Crippen LogP contribution >= 0.6 is 91.6 Å². The fourth-order valence-electron chi connectivity index (χ4n) is 15.8. The quantitative estimate of drug-likeness (QED) is 0.0443. The molecule has 0 atom stereocenters. The molecule has 117 heavy (non-hydrogen) atoms. The maximum atomic E-state index is 14.0. The molecule has 16 rings (SSSR count). The van der Waals surface area contributed by atoms with E-state index < -0.39 is 143 Å². The van der Waals surface area contributed by atoms with Crippen molar-refractivity contribution in [2.45, 2.75) is 210 Å². The maximum Gasteiger partial charge on any atom is 1.00 e. The molecule has 38 heteroatoms. The van der Waals surface area contributed by atoms with Gasteiger partial charge in [-0.15, -0.1) is 0 Å². The number of alkyl halides is 9. The molecule has 4 aromatic heterocycles. The van der Waals surface area contributed by atoms with Gasteiger partial charge in [0, 0.05) is 81.1 Å². The predicted octanol–water partition coefficient (Wildman–Crippen LogP) is 19.5. The average molecular weight is 1970 g/mol. The number of nitrogens with zero attached hydrogens (tertiary/aromatic N) is 12. The molecule has 4 saturated carbocycles. The molecule has 8 aliphatic rings. The normalized spacial score (nSPS) is 18.9. The van der Waals surface area contributed by atoms with Gasteiger partial charge >= 0.3 is 69.7 Å². The molecule has 19 nitrogen and oxygen atoms in total. The SMILES string of the molecule is C.CC(C)(C)OC(=O)N1Cc2c(I)c(-c3ccc(F)c(Cl)c3)nn2C2(C1)CC(F)(F)C2.CC(C)(C)OC(=O)N1Cc2cc(-c3ccc(F)c(Cl)c3)nn2C2(C1)CC(F)(F)C2.CI.Fc1ccc(-c2cc3n(n2)C2(CNC3)CC(F)(F)C2)cc1Cl.[C-]#[N+]c1c(-c2ccc(F)c(Cl)c2)nn2c1CN(C(=O)OC(C)(C)C)CC21CC(F)(F)C1.[CH3-].[K+]. The summed E-state index contributed by atoms with van der Waals surface area (Å²) in [7, 11) is 0. The Balaban J connectivity index is 0.000000176. The standard InChI is InChI=1S/C21H20ClF3N4O2.C20H20ClF3IN3O2.C20H21ClF3N3O2.C15H13ClF3N3.CH3I.CH4.CH3.K/c1-19(2,3)31-18(30)28-8-15-17(26-4)16(12-5-6-14(23)13(22)7-12)27-29(15)20(11-28)9-21(24,25)10-20;1-18(2,3)30-17(29)27-7-14-15(25)16(11-4-5-13(22)12(21)6-11)26-28(14)19(10-27)8-20(23,24)9-19;1-18(2,3)29-17(28)26-8-13-7-16(12-4-5-15(22)14(21)6-12)25-27(13)19(11-26)9-20(23,24)10-19;16-11-3-9(1-2-12(11)17)13-4-10-5-20-8-14(22(10)21-13)6-15(18,19)7-14;1-2;;;/h5-7H,8-11H2,1-3H3;4-6H,7-10H2,1-3H3;4-7H,8-11H2,1-3H3;1-4,20H,5-8H2;1H3;1H4;1H3;/q;;;;;;-1;+1. The van der Waals surface area contributed by atoms with Crippen LogP contribution in [0, 0.1) is 40.8 Å². The third-order valence-electron chi connectivity index (χ3n) is 20.1. The minimum Gasteiger partial charge on any atom is -0.444 e. The van der Waals surface area contributed by atoms with Gasteiger partial charge in [-0.25, -0.2) is 71.9 Å². The second kappa shape index (κ2) is 34.6. The van der Waals surface area contributed by atoms with Crippen molar-refractivity contribution in [1.82, 2.24) is 59.1 Å². The zero-order valence-electron chi connectivity index (χ0n) is 65.0. The number of benzene rings is 4. The first kappa shape index (κ1) is 95.2. The van der Waals surface area contributed by atoms with E-state index >= 15 is 0 Å². The molecule has 0 radical (unpaired) electrons. The van der Waals surface area contributed by atoms with Gasteiger partial charge in [0.1, 0.15) is 45.8 Å². The smallest absolute Gasteiger partial charge is 0.444 e. The molecule has 0 bridgehead atoms. The molecule has 4 fully saturated rings. The number of amides is 3. The number of hydrogen-bond donors (Lipinski definition) is 1. The number of carbonyl (C=O) groups is 3. The monoisotopic (exact) mass is 1970 g/mol. The zero-order chi connectivity index (χ0) is 83.6. The maximum absolute atomic E-state index is 14.0. The van der Waals surface area contributed by atoms with Gasteiger partial charge in [0.25, 0.3) is 23.7 Å². The molecular formula is C79H84Cl4F12I2KN13O6. The molecule has 1 N–H and O–H groups in total. The molecule has 0 unspecified atom stereocenters. The number of hydrogen-bond acceptors (Lipinski definition) is 11. The van der Waals surface area contributed by atoms with Gasteiger partial charge in [-0.05, 0) is 174 Å². The topological polar surface area (TPSA) is 176 Å². The molecule has 4 aliphatic carbocycles. The molecule has 628 valence electrons. The van der Waals surface area contributed by atoms with E-state index in [2.05, 4.69) is 75.7 Å². The Morgan fingerprint density at radius 3 is 1.14 bits per heavy atom. The van der Waals surface area contributed by atoms with Crippen molar-refractivity contribution in [2.24, 2.45) is 0 Å². The van der Waals surface area contributed by atoms with Crippen LogP contribution in [0.25, 0.3) is 49.9 Å². The summed E-state index contributed by atoms with van der Waals surface area (Å²) in [4.78, 5) is 47.8. The van der Waals surface area contributed by atoms with E-state index in [0.717, 1.165) is 11.8 Å². The Hall–Kier alpha value is -5.60. The fraction of sp³-hybridized carbons (Fsp3) is 0.481. The van der Waals surface area contributed by atoms with E-state index in [1.54, 1.807) is 94.6 Å². The predicted molar refractivity (Wildman–Crippen MR) is 433 cm³/mol. The van der Waals surface area contributed by atoms with Crippen LogP contribution in [0.1, 0.15) is 144 Å². The van der Waals surface area contributed by atoms with Gasteiger partial charge in [0.2, 0.25) is 5.69 Å². The van der Waals surface area contributed by atoms with Gasteiger partial charge in [0.05, 0.1) is 132 Å². The van der Waals surface area contributed by atoms with Gasteiger partial charge in [0.15, 0.2) is 0 Å². The second-order valence-electron chi connectivity index (χ2n) is 32.9. The third-order valence-corrected chi connectivity index (χ3v) is 22.4. The Morgan fingerprint density at radius 2 is 0.769 bits per heavy atom. The fourth-order valence-corrected chi connectivity index (χ4v) is 17.3. The molecule has 4 aliphatic heterocycles. The van der Waals surface area contributed by atoms with E-state index in [0.29, 0.717) is 73.1 Å². The number of halogens is 18. The Labute approximate surface area is 759 Å². The summed E-state index contributed by atoms with van der Waals surface area (Å²) >= 11 is 27.7. The number of nitrogens with one attached hydrogen (secondary N) is 1. The molecule has 3 amide bonds. The summed E-state index contributed by atoms with van der Waals surface area (Å²) in [6.07, 6.45) is -4.79. The van der Waals surface area contributed by atoms with E-state index in [-0.39, 0.29) is 150 Å². The van der Waals surface area contributed by atoms with Crippen LogP contribution in [0.3, 0.4) is 0 Å². The van der Waals surface area contributed by atoms with Crippen LogP contribution in [0.5, 0.6) is 0 Å². The Bertz CT molecular complexity index is 5120. The summed E-state index contributed by atoms with van der Waals surface area (Å²) in [5.41, 5.74) is 0.715. The molecule has 0 saturated heterocycles. The summed E-state index contributed by atoms with van der Waals surface area (Å²) in [5.74, 6) is -13.4. The van der Waals surface area contributed by atoms with Crippen molar-refractivity contribution in [3.63, 3.8) is 0 Å². The van der Waals surface area contributed by atoms with Crippen molar-refractivity contribution in [3.8, 4) is 45.0 Å². The number of ether oxygens (including phenoxy) is 3. The summed E-state index contributed by atoms with van der Waals surface area (Å²) < 4.78 is 188. The minimum absolute atomic E-state index is 0. The minimum atomic E-state index is -2.89. The Morgan fingerprint density at radius 1 is 0.462 bits per heavy atom. The average Bonchev–Trinajstić information content (AvgIpc) is 1.66. The number of aromatic nitrogens is 8. The summed E-state index contributed by atoms with van der Waals surface area (Å²) in [6, 6.07) is 20.3. The van der Waals surface area contributed by atoms with Crippen molar-refractivity contribution in [1.29, 1.82) is 0 Å². The van der Waals surface area contributed by atoms with Crippen molar-refractivity contribution < 1.29 is 133 Å². The number of fused-ring (bicyclic) bond motifs is 8. The van der Waals surface area contributed by atoms with E-state index in [4.69, 9.17) is 67.2 Å². The summed E-state index contributed by atoms with van der Waals surface area (Å²) in [5, 5.41) is 21.1.